The Morgan fingerprint density at radius 1 is 0.964 bits per heavy atom. The van der Waals surface area contributed by atoms with Crippen molar-refractivity contribution in [3.05, 3.63) is 77.1 Å². The smallest absolute Gasteiger partial charge is 0.251 e. The zero-order valence-electron chi connectivity index (χ0n) is 16.4. The number of aromatic nitrogens is 3. The topological polar surface area (TPSA) is 59.8 Å². The molecule has 2 aromatic carbocycles. The van der Waals surface area contributed by atoms with E-state index in [1.54, 1.807) is 7.05 Å². The Morgan fingerprint density at radius 2 is 1.68 bits per heavy atom. The van der Waals surface area contributed by atoms with Crippen molar-refractivity contribution in [2.75, 3.05) is 7.05 Å². The molecule has 140 valence electrons. The molecule has 0 saturated carbocycles. The number of rotatable bonds is 3. The molecule has 0 saturated heterocycles. The van der Waals surface area contributed by atoms with Crippen molar-refractivity contribution in [3.8, 4) is 16.9 Å². The molecule has 4 rings (SSSR count). The summed E-state index contributed by atoms with van der Waals surface area (Å²) in [5.41, 5.74) is 7.34. The summed E-state index contributed by atoms with van der Waals surface area (Å²) in [4.78, 5) is 17.3. The molecule has 0 radical (unpaired) electrons. The number of hydrogen-bond donors (Lipinski definition) is 1. The predicted octanol–water partition coefficient (Wildman–Crippen LogP) is 4.37. The lowest BCUT2D eigenvalue weighted by Gasteiger charge is -2.10. The third-order valence-electron chi connectivity index (χ3n) is 5.00. The minimum Gasteiger partial charge on any atom is -0.355 e. The van der Waals surface area contributed by atoms with Crippen LogP contribution in [0.1, 0.15) is 27.2 Å². The Morgan fingerprint density at radius 3 is 2.39 bits per heavy atom. The van der Waals surface area contributed by atoms with Crippen LogP contribution in [0, 0.1) is 20.8 Å². The first kappa shape index (κ1) is 17.9. The lowest BCUT2D eigenvalue weighted by Crippen LogP contribution is -2.18. The lowest BCUT2D eigenvalue weighted by molar-refractivity contribution is 0.0964. The molecular formula is C23H22N4O. The van der Waals surface area contributed by atoms with Crippen LogP contribution in [0.15, 0.2) is 54.7 Å². The van der Waals surface area contributed by atoms with Crippen LogP contribution in [0.3, 0.4) is 0 Å². The molecule has 0 aliphatic rings. The summed E-state index contributed by atoms with van der Waals surface area (Å²) in [6, 6.07) is 16.0. The molecule has 0 bridgehead atoms. The number of amides is 1. The number of nitrogens with zero attached hydrogens (tertiary/aromatic N) is 3. The zero-order valence-corrected chi connectivity index (χ0v) is 16.4. The number of carbonyl (C=O) groups excluding carboxylic acids is 1. The summed E-state index contributed by atoms with van der Waals surface area (Å²) >= 11 is 0. The van der Waals surface area contributed by atoms with E-state index >= 15 is 0 Å². The molecule has 0 fully saturated rings. The molecular weight excluding hydrogens is 348 g/mol. The van der Waals surface area contributed by atoms with Crippen molar-refractivity contribution < 1.29 is 4.79 Å². The fourth-order valence-electron chi connectivity index (χ4n) is 3.41. The number of hydrogen-bond acceptors (Lipinski definition) is 3. The van der Waals surface area contributed by atoms with E-state index in [-0.39, 0.29) is 5.91 Å². The molecule has 5 nitrogen and oxygen atoms in total. The van der Waals surface area contributed by atoms with Crippen LogP contribution in [0.4, 0.5) is 0 Å². The standard InChI is InChI=1S/C23H22N4O/c1-14-5-8-17(9-6-14)27-16(3)20(13-25-27)22-12-19(23(28)24-4)18-11-15(2)7-10-21(18)26-22/h5-13H,1-4H3,(H,24,28). The van der Waals surface area contributed by atoms with Gasteiger partial charge >= 0.3 is 0 Å². The fraction of sp³-hybridized carbons (Fsp3) is 0.174. The molecule has 1 N–H and O–H groups in total. The monoisotopic (exact) mass is 370 g/mol. The largest absolute Gasteiger partial charge is 0.355 e. The van der Waals surface area contributed by atoms with E-state index < -0.39 is 0 Å². The molecule has 0 unspecified atom stereocenters. The Kier molecular flexibility index (Phi) is 4.43. The fourth-order valence-corrected chi connectivity index (χ4v) is 3.41. The summed E-state index contributed by atoms with van der Waals surface area (Å²) in [6.45, 7) is 6.09. The van der Waals surface area contributed by atoms with Gasteiger partial charge in [0.25, 0.3) is 5.91 Å². The highest BCUT2D eigenvalue weighted by Gasteiger charge is 2.17. The molecule has 0 aliphatic carbocycles. The Bertz CT molecular complexity index is 1190. The molecule has 0 atom stereocenters. The van der Waals surface area contributed by atoms with E-state index in [1.165, 1.54) is 5.56 Å². The molecule has 5 heteroatoms. The van der Waals surface area contributed by atoms with Crippen LogP contribution in [0.5, 0.6) is 0 Å². The summed E-state index contributed by atoms with van der Waals surface area (Å²) in [6.07, 6.45) is 1.81. The average molecular weight is 370 g/mol. The van der Waals surface area contributed by atoms with Gasteiger partial charge in [0.1, 0.15) is 0 Å². The van der Waals surface area contributed by atoms with Gasteiger partial charge in [-0.3, -0.25) is 4.79 Å². The van der Waals surface area contributed by atoms with Gasteiger partial charge in [0.05, 0.1) is 34.4 Å². The zero-order chi connectivity index (χ0) is 19.8. The van der Waals surface area contributed by atoms with E-state index in [2.05, 4.69) is 29.5 Å². The highest BCUT2D eigenvalue weighted by atomic mass is 16.1. The average Bonchev–Trinajstić information content (AvgIpc) is 3.08. The second-order valence-corrected chi connectivity index (χ2v) is 7.05. The van der Waals surface area contributed by atoms with Gasteiger partial charge in [-0.15, -0.1) is 0 Å². The Labute approximate surface area is 164 Å². The van der Waals surface area contributed by atoms with Crippen LogP contribution >= 0.6 is 0 Å². The van der Waals surface area contributed by atoms with Crippen LogP contribution in [-0.2, 0) is 0 Å². The number of pyridine rings is 1. The van der Waals surface area contributed by atoms with Crippen molar-refractivity contribution in [1.82, 2.24) is 20.1 Å². The summed E-state index contributed by atoms with van der Waals surface area (Å²) in [7, 11) is 1.64. The van der Waals surface area contributed by atoms with E-state index in [9.17, 15) is 4.79 Å². The lowest BCUT2D eigenvalue weighted by atomic mass is 10.0. The number of aryl methyl sites for hydroxylation is 2. The van der Waals surface area contributed by atoms with Gasteiger partial charge in [0.2, 0.25) is 0 Å². The molecule has 0 spiro atoms. The second kappa shape index (κ2) is 6.93. The first-order chi connectivity index (χ1) is 13.5. The van der Waals surface area contributed by atoms with Crippen molar-refractivity contribution in [1.29, 1.82) is 0 Å². The maximum atomic E-state index is 12.5. The van der Waals surface area contributed by atoms with E-state index in [1.807, 2.05) is 61.1 Å². The molecule has 2 heterocycles. The maximum absolute atomic E-state index is 12.5. The van der Waals surface area contributed by atoms with E-state index in [4.69, 9.17) is 4.98 Å². The molecule has 0 aliphatic heterocycles. The van der Waals surface area contributed by atoms with Gasteiger partial charge in [-0.05, 0) is 51.1 Å². The van der Waals surface area contributed by atoms with Crippen molar-refractivity contribution in [2.45, 2.75) is 20.8 Å². The summed E-state index contributed by atoms with van der Waals surface area (Å²) in [5, 5.41) is 8.15. The van der Waals surface area contributed by atoms with E-state index in [0.29, 0.717) is 5.56 Å². The molecule has 4 aromatic rings. The van der Waals surface area contributed by atoms with Crippen molar-refractivity contribution in [2.24, 2.45) is 0 Å². The first-order valence-electron chi connectivity index (χ1n) is 9.23. The normalized spacial score (nSPS) is 11.0. The number of fused-ring (bicyclic) bond motifs is 1. The van der Waals surface area contributed by atoms with Gasteiger partial charge < -0.3 is 5.32 Å². The van der Waals surface area contributed by atoms with Crippen LogP contribution in [0.25, 0.3) is 27.8 Å². The number of carbonyl (C=O) groups is 1. The summed E-state index contributed by atoms with van der Waals surface area (Å²) < 4.78 is 1.90. The first-order valence-corrected chi connectivity index (χ1v) is 9.23. The molecule has 28 heavy (non-hydrogen) atoms. The maximum Gasteiger partial charge on any atom is 0.251 e. The van der Waals surface area contributed by atoms with Gasteiger partial charge in [0.15, 0.2) is 0 Å². The number of nitrogens with one attached hydrogen (secondary N) is 1. The minimum atomic E-state index is -0.122. The third kappa shape index (κ3) is 3.05. The molecule has 1 amide bonds. The van der Waals surface area contributed by atoms with Crippen molar-refractivity contribution >= 4 is 16.8 Å². The van der Waals surface area contributed by atoms with Crippen LogP contribution in [0.2, 0.25) is 0 Å². The van der Waals surface area contributed by atoms with Gasteiger partial charge in [0, 0.05) is 18.0 Å². The van der Waals surface area contributed by atoms with Crippen molar-refractivity contribution in [3.63, 3.8) is 0 Å². The van der Waals surface area contributed by atoms with Gasteiger partial charge in [-0.1, -0.05) is 29.3 Å². The number of benzene rings is 2. The van der Waals surface area contributed by atoms with Crippen LogP contribution < -0.4 is 5.32 Å². The summed E-state index contributed by atoms with van der Waals surface area (Å²) in [5.74, 6) is -0.122. The van der Waals surface area contributed by atoms with E-state index in [0.717, 1.165) is 39.1 Å². The van der Waals surface area contributed by atoms with Gasteiger partial charge in [-0.2, -0.15) is 5.10 Å². The quantitative estimate of drug-likeness (QED) is 0.582. The third-order valence-corrected chi connectivity index (χ3v) is 5.00. The minimum absolute atomic E-state index is 0.122. The Balaban J connectivity index is 1.89. The second-order valence-electron chi connectivity index (χ2n) is 7.05. The van der Waals surface area contributed by atoms with Gasteiger partial charge in [-0.25, -0.2) is 9.67 Å². The SMILES string of the molecule is CNC(=O)c1cc(-c2cnn(-c3ccc(C)cc3)c2C)nc2ccc(C)cc12. The highest BCUT2D eigenvalue weighted by Crippen LogP contribution is 2.28. The van der Waals surface area contributed by atoms with Crippen LogP contribution in [-0.4, -0.2) is 27.7 Å². The Hall–Kier alpha value is -3.47. The predicted molar refractivity (Wildman–Crippen MR) is 112 cm³/mol. The molecule has 2 aromatic heterocycles. The highest BCUT2D eigenvalue weighted by molar-refractivity contribution is 6.07.